The van der Waals surface area contributed by atoms with Gasteiger partial charge in [-0.3, -0.25) is 14.4 Å². The second-order valence-corrected chi connectivity index (χ2v) is 12.7. The zero-order valence-corrected chi connectivity index (χ0v) is 22.8. The Labute approximate surface area is 233 Å². The lowest BCUT2D eigenvalue weighted by Crippen LogP contribution is -2.53. The first-order valence-corrected chi connectivity index (χ1v) is 14.4. The monoisotopic (exact) mass is 543 g/mol. The summed E-state index contributed by atoms with van der Waals surface area (Å²) in [4.78, 5) is 48.2. The fraction of sp³-hybridized carbons (Fsp3) is 0.387. The molecule has 3 amide bonds. The number of benzene rings is 2. The normalized spacial score (nSPS) is 31.7. The zero-order valence-electron chi connectivity index (χ0n) is 22.0. The number of hydrogen-bond donors (Lipinski definition) is 1. The average molecular weight is 544 g/mol. The molecule has 0 bridgehead atoms. The summed E-state index contributed by atoms with van der Waals surface area (Å²) in [5.41, 5.74) is 1.81. The second kappa shape index (κ2) is 9.99. The van der Waals surface area contributed by atoms with Gasteiger partial charge in [-0.2, -0.15) is 0 Å². The van der Waals surface area contributed by atoms with E-state index in [4.69, 9.17) is 0 Å². The van der Waals surface area contributed by atoms with Crippen LogP contribution in [-0.4, -0.2) is 74.4 Å². The molecule has 7 nitrogen and oxygen atoms in total. The Bertz CT molecular complexity index is 1330. The summed E-state index contributed by atoms with van der Waals surface area (Å²) in [7, 11) is 0. The third kappa shape index (κ3) is 4.12. The van der Waals surface area contributed by atoms with Gasteiger partial charge in [0.1, 0.15) is 6.04 Å². The van der Waals surface area contributed by atoms with Crippen molar-refractivity contribution >= 4 is 35.2 Å². The van der Waals surface area contributed by atoms with Crippen LogP contribution in [-0.2, 0) is 20.9 Å². The Kier molecular flexibility index (Phi) is 6.63. The number of hydrogen-bond acceptors (Lipinski definition) is 5. The smallest absolute Gasteiger partial charge is 0.247 e. The third-order valence-electron chi connectivity index (χ3n) is 8.48. The topological polar surface area (TPSA) is 81.2 Å². The Morgan fingerprint density at radius 2 is 1.56 bits per heavy atom. The van der Waals surface area contributed by atoms with Crippen LogP contribution in [0.5, 0.6) is 0 Å². The fourth-order valence-corrected chi connectivity index (χ4v) is 8.99. The highest BCUT2D eigenvalue weighted by atomic mass is 32.2. The number of para-hydroxylation sites is 1. The molecule has 8 heteroatoms. The molecule has 2 saturated heterocycles. The Morgan fingerprint density at radius 3 is 2.28 bits per heavy atom. The first kappa shape index (κ1) is 25.9. The Hall–Kier alpha value is -3.36. The molecule has 1 N–H and O–H groups in total. The van der Waals surface area contributed by atoms with Crippen molar-refractivity contribution in [1.82, 2.24) is 9.80 Å². The van der Waals surface area contributed by atoms with Crippen LogP contribution in [0.2, 0.25) is 0 Å². The molecule has 5 atom stereocenters. The van der Waals surface area contributed by atoms with Crippen molar-refractivity contribution in [1.29, 1.82) is 0 Å². The number of thioether (sulfide) groups is 1. The molecule has 0 aliphatic carbocycles. The molecule has 1 unspecified atom stereocenters. The maximum absolute atomic E-state index is 14.3. The highest BCUT2D eigenvalue weighted by Gasteiger charge is 2.73. The maximum Gasteiger partial charge on any atom is 0.247 e. The molecule has 4 aliphatic rings. The van der Waals surface area contributed by atoms with E-state index in [9.17, 15) is 19.5 Å². The molecule has 202 valence electrons. The van der Waals surface area contributed by atoms with Crippen LogP contribution >= 0.6 is 11.8 Å². The van der Waals surface area contributed by atoms with Crippen molar-refractivity contribution < 1.29 is 19.5 Å². The number of fused-ring (bicyclic) bond motifs is 2. The number of likely N-dealkylation sites (tertiary alicyclic amines) is 1. The number of carbonyl (C=O) groups excluding carboxylic acids is 3. The van der Waals surface area contributed by atoms with Gasteiger partial charge in [-0.25, -0.2) is 0 Å². The summed E-state index contributed by atoms with van der Waals surface area (Å²) >= 11 is 1.59. The van der Waals surface area contributed by atoms with E-state index in [1.54, 1.807) is 26.5 Å². The Morgan fingerprint density at radius 1 is 0.872 bits per heavy atom. The lowest BCUT2D eigenvalue weighted by Gasteiger charge is -2.36. The zero-order chi connectivity index (χ0) is 27.2. The van der Waals surface area contributed by atoms with Gasteiger partial charge in [-0.05, 0) is 31.0 Å². The van der Waals surface area contributed by atoms with E-state index in [-0.39, 0.29) is 30.9 Å². The number of amides is 3. The van der Waals surface area contributed by atoms with Crippen molar-refractivity contribution in [3.63, 3.8) is 0 Å². The highest BCUT2D eigenvalue weighted by Crippen LogP contribution is 2.65. The number of aliphatic hydroxyl groups excluding tert-OH is 1. The summed E-state index contributed by atoms with van der Waals surface area (Å²) in [6, 6.07) is 18.7. The van der Waals surface area contributed by atoms with E-state index in [2.05, 4.69) is 6.08 Å². The van der Waals surface area contributed by atoms with E-state index >= 15 is 0 Å². The van der Waals surface area contributed by atoms with Gasteiger partial charge in [0.05, 0.1) is 16.6 Å². The summed E-state index contributed by atoms with van der Waals surface area (Å²) in [5, 5.41) is 9.62. The quantitative estimate of drug-likeness (QED) is 0.566. The minimum atomic E-state index is -0.881. The molecule has 4 heterocycles. The molecule has 39 heavy (non-hydrogen) atoms. The van der Waals surface area contributed by atoms with E-state index in [0.717, 1.165) is 11.3 Å². The Balaban J connectivity index is 1.43. The van der Waals surface area contributed by atoms with Crippen molar-refractivity contribution in [2.45, 2.75) is 35.4 Å². The van der Waals surface area contributed by atoms with Crippen LogP contribution in [0.1, 0.15) is 18.9 Å². The minimum Gasteiger partial charge on any atom is -0.396 e. The van der Waals surface area contributed by atoms with Crippen LogP contribution in [0, 0.1) is 11.8 Å². The predicted molar refractivity (Wildman–Crippen MR) is 152 cm³/mol. The molecule has 0 radical (unpaired) electrons. The summed E-state index contributed by atoms with van der Waals surface area (Å²) < 4.78 is -1.53. The van der Waals surface area contributed by atoms with Gasteiger partial charge in [-0.15, -0.1) is 11.8 Å². The lowest BCUT2D eigenvalue weighted by atomic mass is 9.74. The van der Waals surface area contributed by atoms with E-state index in [0.29, 0.717) is 26.1 Å². The lowest BCUT2D eigenvalue weighted by molar-refractivity contribution is -0.143. The third-order valence-corrected chi connectivity index (χ3v) is 10.3. The van der Waals surface area contributed by atoms with Crippen molar-refractivity contribution in [2.24, 2.45) is 11.8 Å². The SMILES string of the molecule is C[C@@]12C=CCN(c3ccccc3)C(=O)[C@@H]1[C@H]1C(=O)N(CCCO)C3C(=O)N(Cc4ccccc4)CC=C[C@@]31S2. The van der Waals surface area contributed by atoms with Crippen LogP contribution in [0.3, 0.4) is 0 Å². The van der Waals surface area contributed by atoms with Gasteiger partial charge >= 0.3 is 0 Å². The van der Waals surface area contributed by atoms with Gasteiger partial charge in [0, 0.05) is 43.2 Å². The molecular weight excluding hydrogens is 510 g/mol. The first-order chi connectivity index (χ1) is 18.9. The summed E-state index contributed by atoms with van der Waals surface area (Å²) in [6.07, 6.45) is 8.51. The molecule has 0 aromatic heterocycles. The predicted octanol–water partition coefficient (Wildman–Crippen LogP) is 3.26. The van der Waals surface area contributed by atoms with Gasteiger partial charge in [0.25, 0.3) is 0 Å². The van der Waals surface area contributed by atoms with E-state index < -0.39 is 27.4 Å². The number of nitrogens with zero attached hydrogens (tertiary/aromatic N) is 3. The van der Waals surface area contributed by atoms with E-state index in [1.807, 2.05) is 85.8 Å². The summed E-state index contributed by atoms with van der Waals surface area (Å²) in [5.74, 6) is -1.69. The first-order valence-electron chi connectivity index (χ1n) is 13.6. The number of aliphatic hydroxyl groups is 1. The summed E-state index contributed by atoms with van der Waals surface area (Å²) in [6.45, 7) is 3.53. The van der Waals surface area contributed by atoms with Crippen molar-refractivity contribution in [3.8, 4) is 0 Å². The van der Waals surface area contributed by atoms with Gasteiger partial charge in [-0.1, -0.05) is 72.8 Å². The van der Waals surface area contributed by atoms with Crippen LogP contribution in [0.4, 0.5) is 5.69 Å². The van der Waals surface area contributed by atoms with Crippen LogP contribution in [0.25, 0.3) is 0 Å². The molecule has 2 aromatic carbocycles. The van der Waals surface area contributed by atoms with Gasteiger partial charge in [0.15, 0.2) is 0 Å². The van der Waals surface area contributed by atoms with Crippen LogP contribution in [0.15, 0.2) is 85.0 Å². The van der Waals surface area contributed by atoms with Gasteiger partial charge < -0.3 is 19.8 Å². The van der Waals surface area contributed by atoms with Crippen molar-refractivity contribution in [3.05, 3.63) is 90.5 Å². The van der Waals surface area contributed by atoms with Gasteiger partial charge in [0.2, 0.25) is 17.7 Å². The second-order valence-electron chi connectivity index (χ2n) is 10.9. The standard InChI is InChI=1S/C31H33N3O4S/c1-30-15-8-18-33(23-13-6-3-7-14-23)27(36)24(30)25-28(37)34(19-10-20-35)26-29(38)32(17-9-16-31(25,26)39-30)21-22-11-4-2-5-12-22/h2-9,11-16,24-26,35H,10,17-21H2,1H3/t24-,25-,26?,30+,31-/m0/s1. The fourth-order valence-electron chi connectivity index (χ4n) is 6.84. The van der Waals surface area contributed by atoms with Crippen molar-refractivity contribution in [2.75, 3.05) is 31.1 Å². The maximum atomic E-state index is 14.3. The average Bonchev–Trinajstić information content (AvgIpc) is 3.21. The molecule has 1 spiro atoms. The molecule has 2 aromatic rings. The largest absolute Gasteiger partial charge is 0.396 e. The molecule has 0 saturated carbocycles. The number of rotatable bonds is 6. The minimum absolute atomic E-state index is 0.0797. The molecule has 6 rings (SSSR count). The number of carbonyl (C=O) groups is 3. The number of anilines is 1. The van der Waals surface area contributed by atoms with Crippen LogP contribution < -0.4 is 4.90 Å². The molecular formula is C31H33N3O4S. The molecule has 2 fully saturated rings. The highest BCUT2D eigenvalue weighted by molar-refractivity contribution is 8.02. The molecule has 4 aliphatic heterocycles. The van der Waals surface area contributed by atoms with E-state index in [1.165, 1.54) is 0 Å².